The Morgan fingerprint density at radius 1 is 1.14 bits per heavy atom. The fraction of sp³-hybridized carbons (Fsp3) is 0.278. The zero-order valence-corrected chi connectivity index (χ0v) is 15.3. The van der Waals surface area contributed by atoms with Crippen molar-refractivity contribution in [3.05, 3.63) is 64.4 Å². The predicted molar refractivity (Wildman–Crippen MR) is 88.8 cm³/mol. The molecular weight excluding hydrogens is 398 g/mol. The van der Waals surface area contributed by atoms with Gasteiger partial charge in [0.2, 0.25) is 11.6 Å². The lowest BCUT2D eigenvalue weighted by Gasteiger charge is -2.18. The summed E-state index contributed by atoms with van der Waals surface area (Å²) in [4.78, 5) is 14.0. The summed E-state index contributed by atoms with van der Waals surface area (Å²) >= 11 is 0. The second kappa shape index (κ2) is 8.33. The number of aromatic nitrogens is 2. The summed E-state index contributed by atoms with van der Waals surface area (Å²) in [6.45, 7) is 3.34. The van der Waals surface area contributed by atoms with Crippen LogP contribution >= 0.6 is 0 Å². The van der Waals surface area contributed by atoms with Crippen LogP contribution in [0.25, 0.3) is 0 Å². The van der Waals surface area contributed by atoms with Gasteiger partial charge in [0.25, 0.3) is 5.91 Å². The topological polar surface area (TPSA) is 81.6 Å². The molecule has 0 aliphatic rings. The van der Waals surface area contributed by atoms with Crippen LogP contribution in [0.1, 0.15) is 34.6 Å². The fourth-order valence-electron chi connectivity index (χ4n) is 2.45. The first-order chi connectivity index (χ1) is 13.8. The zero-order chi connectivity index (χ0) is 21.1. The minimum absolute atomic E-state index is 0.0205. The van der Waals surface area contributed by atoms with E-state index in [1.54, 1.807) is 13.8 Å². The molecule has 1 amide bonds. The van der Waals surface area contributed by atoms with Gasteiger partial charge in [0, 0.05) is 12.6 Å². The highest BCUT2D eigenvalue weighted by molar-refractivity contribution is 5.91. The first-order valence-electron chi connectivity index (χ1n) is 8.43. The molecule has 3 rings (SSSR count). The summed E-state index contributed by atoms with van der Waals surface area (Å²) in [6, 6.07) is 2.76. The Bertz CT molecular complexity index is 1010. The second-order valence-electron chi connectivity index (χ2n) is 5.97. The van der Waals surface area contributed by atoms with E-state index in [2.05, 4.69) is 14.9 Å². The van der Waals surface area contributed by atoms with Crippen LogP contribution in [-0.2, 0) is 13.2 Å². The lowest BCUT2D eigenvalue weighted by molar-refractivity contribution is 0.0712. The molecule has 0 bridgehead atoms. The predicted octanol–water partition coefficient (Wildman–Crippen LogP) is 3.77. The number of carbonyl (C=O) groups is 1. The third kappa shape index (κ3) is 4.23. The molecule has 154 valence electrons. The maximum absolute atomic E-state index is 13.6. The van der Waals surface area contributed by atoms with Crippen molar-refractivity contribution in [3.8, 4) is 5.75 Å². The van der Waals surface area contributed by atoms with E-state index in [1.807, 2.05) is 0 Å². The Morgan fingerprint density at radius 2 is 1.83 bits per heavy atom. The highest BCUT2D eigenvalue weighted by atomic mass is 19.2. The van der Waals surface area contributed by atoms with Crippen LogP contribution in [0.2, 0.25) is 0 Å². The number of rotatable bonds is 7. The van der Waals surface area contributed by atoms with Crippen molar-refractivity contribution in [2.75, 3.05) is 6.54 Å². The van der Waals surface area contributed by atoms with Gasteiger partial charge in [0.15, 0.2) is 23.1 Å². The number of aryl methyl sites for hydroxylation is 1. The van der Waals surface area contributed by atoms with Crippen LogP contribution < -0.4 is 4.74 Å². The van der Waals surface area contributed by atoms with Crippen molar-refractivity contribution in [3.63, 3.8) is 0 Å². The number of ether oxygens (including phenoxy) is 1. The van der Waals surface area contributed by atoms with Gasteiger partial charge in [-0.15, -0.1) is 0 Å². The van der Waals surface area contributed by atoms with Crippen molar-refractivity contribution in [1.82, 2.24) is 15.2 Å². The Labute approximate surface area is 161 Å². The Kier molecular flexibility index (Phi) is 5.85. The Hall–Kier alpha value is -3.37. The van der Waals surface area contributed by atoms with Crippen LogP contribution in [0.5, 0.6) is 5.75 Å². The number of hydrogen-bond donors (Lipinski definition) is 0. The number of amides is 1. The molecule has 1 aromatic carbocycles. The number of hydrogen-bond acceptors (Lipinski definition) is 6. The van der Waals surface area contributed by atoms with Gasteiger partial charge in [-0.3, -0.25) is 4.79 Å². The van der Waals surface area contributed by atoms with Crippen LogP contribution in [0.4, 0.5) is 17.6 Å². The van der Waals surface area contributed by atoms with Gasteiger partial charge in [-0.2, -0.15) is 8.78 Å². The van der Waals surface area contributed by atoms with E-state index >= 15 is 0 Å². The minimum Gasteiger partial charge on any atom is -0.479 e. The minimum atomic E-state index is -1.67. The summed E-state index contributed by atoms with van der Waals surface area (Å²) in [6.07, 6.45) is 0. The maximum Gasteiger partial charge on any atom is 0.289 e. The van der Waals surface area contributed by atoms with Crippen molar-refractivity contribution in [2.45, 2.75) is 27.0 Å². The SMILES string of the molecule is CCN(Cc1nonc1C)C(=O)c1ccc(COc2c(F)c(F)cc(F)c2F)o1. The number of carbonyl (C=O) groups excluding carboxylic acids is 1. The van der Waals surface area contributed by atoms with E-state index in [9.17, 15) is 22.4 Å². The number of furan rings is 1. The molecule has 0 saturated carbocycles. The molecule has 0 radical (unpaired) electrons. The van der Waals surface area contributed by atoms with Gasteiger partial charge in [-0.05, 0) is 26.0 Å². The van der Waals surface area contributed by atoms with Gasteiger partial charge in [-0.1, -0.05) is 10.3 Å². The first kappa shape index (κ1) is 20.4. The largest absolute Gasteiger partial charge is 0.479 e. The molecule has 0 N–H and O–H groups in total. The summed E-state index contributed by atoms with van der Waals surface area (Å²) in [5, 5.41) is 7.36. The molecule has 0 aliphatic carbocycles. The lowest BCUT2D eigenvalue weighted by Crippen LogP contribution is -2.30. The summed E-state index contributed by atoms with van der Waals surface area (Å²) in [5.74, 6) is -8.25. The second-order valence-corrected chi connectivity index (χ2v) is 5.97. The van der Waals surface area contributed by atoms with Gasteiger partial charge in [0.05, 0.1) is 6.54 Å². The molecule has 7 nitrogen and oxygen atoms in total. The van der Waals surface area contributed by atoms with E-state index in [0.717, 1.165) is 0 Å². The van der Waals surface area contributed by atoms with Crippen molar-refractivity contribution in [1.29, 1.82) is 0 Å². The molecule has 0 spiro atoms. The Morgan fingerprint density at radius 3 is 2.41 bits per heavy atom. The van der Waals surface area contributed by atoms with Gasteiger partial charge in [0.1, 0.15) is 23.8 Å². The summed E-state index contributed by atoms with van der Waals surface area (Å²) < 4.78 is 68.4. The van der Waals surface area contributed by atoms with Crippen LogP contribution in [0.15, 0.2) is 27.2 Å². The van der Waals surface area contributed by atoms with E-state index < -0.39 is 41.5 Å². The highest BCUT2D eigenvalue weighted by Gasteiger charge is 2.23. The lowest BCUT2D eigenvalue weighted by atomic mass is 10.3. The fourth-order valence-corrected chi connectivity index (χ4v) is 2.45. The number of benzene rings is 1. The quantitative estimate of drug-likeness (QED) is 0.433. The van der Waals surface area contributed by atoms with E-state index in [1.165, 1.54) is 17.0 Å². The van der Waals surface area contributed by atoms with E-state index in [-0.39, 0.29) is 24.1 Å². The van der Waals surface area contributed by atoms with E-state index in [4.69, 9.17) is 9.15 Å². The van der Waals surface area contributed by atoms with E-state index in [0.29, 0.717) is 17.9 Å². The van der Waals surface area contributed by atoms with Crippen LogP contribution in [0.3, 0.4) is 0 Å². The Balaban J connectivity index is 1.71. The molecule has 2 aromatic heterocycles. The molecule has 2 heterocycles. The monoisotopic (exact) mass is 413 g/mol. The van der Waals surface area contributed by atoms with Gasteiger partial charge in [-0.25, -0.2) is 13.4 Å². The molecular formula is C18H15F4N3O4. The number of nitrogens with zero attached hydrogens (tertiary/aromatic N) is 3. The first-order valence-corrected chi connectivity index (χ1v) is 8.43. The zero-order valence-electron chi connectivity index (χ0n) is 15.3. The smallest absolute Gasteiger partial charge is 0.289 e. The molecule has 0 atom stereocenters. The standard InChI is InChI=1S/C18H15F4N3O4/c1-3-25(7-13-9(2)23-29-24-13)18(26)14-5-4-10(28-14)8-27-17-15(21)11(19)6-12(20)16(17)22/h4-6H,3,7-8H2,1-2H3. The van der Waals surface area contributed by atoms with Crippen molar-refractivity contribution in [2.24, 2.45) is 0 Å². The van der Waals surface area contributed by atoms with Gasteiger partial charge < -0.3 is 14.1 Å². The van der Waals surface area contributed by atoms with Crippen molar-refractivity contribution >= 4 is 5.91 Å². The normalized spacial score (nSPS) is 11.0. The maximum atomic E-state index is 13.6. The highest BCUT2D eigenvalue weighted by Crippen LogP contribution is 2.27. The average Bonchev–Trinajstić information content (AvgIpc) is 3.33. The summed E-state index contributed by atoms with van der Waals surface area (Å²) in [7, 11) is 0. The molecule has 0 aliphatic heterocycles. The molecule has 29 heavy (non-hydrogen) atoms. The van der Waals surface area contributed by atoms with Crippen molar-refractivity contribution < 1.29 is 36.1 Å². The average molecular weight is 413 g/mol. The molecule has 0 fully saturated rings. The molecule has 0 unspecified atom stereocenters. The number of halogens is 4. The third-order valence-corrected chi connectivity index (χ3v) is 4.06. The van der Waals surface area contributed by atoms with Gasteiger partial charge >= 0.3 is 0 Å². The third-order valence-electron chi connectivity index (χ3n) is 4.06. The van der Waals surface area contributed by atoms with Crippen LogP contribution in [-0.4, -0.2) is 27.7 Å². The molecule has 3 aromatic rings. The molecule has 11 heteroatoms. The van der Waals surface area contributed by atoms with Crippen LogP contribution in [0, 0.1) is 30.2 Å². The summed E-state index contributed by atoms with van der Waals surface area (Å²) in [5.41, 5.74) is 1.02. The molecule has 0 saturated heterocycles.